The minimum absolute atomic E-state index is 0.00355. The number of carbonyl (C=O) groups excluding carboxylic acids is 1. The molecule has 1 heterocycles. The number of Topliss-reactive ketones (excluding diaryl/α,β-unsaturated/α-hetero) is 1. The Hall–Kier alpha value is -1.93. The Labute approximate surface area is 159 Å². The average Bonchev–Trinajstić information content (AvgIpc) is 2.92. The number of rotatable bonds is 8. The summed E-state index contributed by atoms with van der Waals surface area (Å²) in [5, 5.41) is 4.77. The number of ketones is 1. The van der Waals surface area contributed by atoms with E-state index in [9.17, 15) is 4.79 Å². The largest absolute Gasteiger partial charge is 0.490 e. The number of aryl methyl sites for hydroxylation is 1. The molecule has 0 saturated heterocycles. The van der Waals surface area contributed by atoms with Gasteiger partial charge in [0.2, 0.25) is 5.13 Å². The lowest BCUT2D eigenvalue weighted by molar-refractivity contribution is 0.102. The van der Waals surface area contributed by atoms with Crippen molar-refractivity contribution in [2.45, 2.75) is 27.7 Å². The van der Waals surface area contributed by atoms with Gasteiger partial charge in [-0.1, -0.05) is 11.3 Å². The molecule has 25 heavy (non-hydrogen) atoms. The molecule has 0 atom stereocenters. The molecule has 0 aliphatic carbocycles. The maximum atomic E-state index is 11.5. The van der Waals surface area contributed by atoms with Crippen molar-refractivity contribution in [3.05, 3.63) is 32.7 Å². The maximum Gasteiger partial charge on any atom is 0.204 e. The SMILES string of the molecule is CCOc1cc(/C=N\Nc2nc(C)c(C(C)=O)s2)cc(Br)c1OCC. The van der Waals surface area contributed by atoms with Gasteiger partial charge in [-0.15, -0.1) is 0 Å². The molecule has 0 aliphatic rings. The van der Waals surface area contributed by atoms with Crippen LogP contribution in [-0.2, 0) is 0 Å². The molecule has 134 valence electrons. The second-order valence-electron chi connectivity index (χ2n) is 5.06. The molecule has 0 aliphatic heterocycles. The van der Waals surface area contributed by atoms with Gasteiger partial charge < -0.3 is 9.47 Å². The molecule has 2 aromatic rings. The van der Waals surface area contributed by atoms with E-state index in [2.05, 4.69) is 31.4 Å². The van der Waals surface area contributed by atoms with Crippen molar-refractivity contribution in [2.24, 2.45) is 5.10 Å². The number of hydrogen-bond acceptors (Lipinski definition) is 7. The van der Waals surface area contributed by atoms with Crippen molar-refractivity contribution in [1.29, 1.82) is 0 Å². The summed E-state index contributed by atoms with van der Waals surface area (Å²) in [4.78, 5) is 16.4. The summed E-state index contributed by atoms with van der Waals surface area (Å²) in [7, 11) is 0. The Kier molecular flexibility index (Phi) is 6.95. The van der Waals surface area contributed by atoms with Crippen LogP contribution in [0.4, 0.5) is 5.13 Å². The van der Waals surface area contributed by atoms with Crippen molar-refractivity contribution < 1.29 is 14.3 Å². The first-order valence-electron chi connectivity index (χ1n) is 7.82. The standard InChI is InChI=1S/C17H20BrN3O3S/c1-5-23-14-8-12(7-13(18)15(14)24-6-2)9-19-21-17-20-10(3)16(25-17)11(4)22/h7-9H,5-6H2,1-4H3,(H,20,21)/b19-9-. The van der Waals surface area contributed by atoms with Crippen LogP contribution in [0.5, 0.6) is 11.5 Å². The van der Waals surface area contributed by atoms with Crippen molar-refractivity contribution in [3.8, 4) is 11.5 Å². The minimum Gasteiger partial charge on any atom is -0.490 e. The van der Waals surface area contributed by atoms with Gasteiger partial charge in [-0.05, 0) is 54.4 Å². The van der Waals surface area contributed by atoms with E-state index in [1.165, 1.54) is 18.3 Å². The van der Waals surface area contributed by atoms with E-state index in [0.29, 0.717) is 40.4 Å². The number of carbonyl (C=O) groups is 1. The molecular formula is C17H20BrN3O3S. The molecule has 2 rings (SSSR count). The lowest BCUT2D eigenvalue weighted by atomic mass is 10.2. The predicted octanol–water partition coefficient (Wildman–Crippen LogP) is 4.66. The van der Waals surface area contributed by atoms with E-state index in [1.54, 1.807) is 13.1 Å². The number of halogens is 1. The quantitative estimate of drug-likeness (QED) is 0.378. The molecule has 0 saturated carbocycles. The summed E-state index contributed by atoms with van der Waals surface area (Å²) in [6, 6.07) is 3.76. The van der Waals surface area contributed by atoms with Crippen molar-refractivity contribution in [1.82, 2.24) is 4.98 Å². The number of nitrogens with zero attached hydrogens (tertiary/aromatic N) is 2. The fourth-order valence-corrected chi connectivity index (χ4v) is 3.53. The first-order valence-corrected chi connectivity index (χ1v) is 9.43. The van der Waals surface area contributed by atoms with Gasteiger partial charge in [0.15, 0.2) is 17.3 Å². The van der Waals surface area contributed by atoms with Crippen LogP contribution in [0.15, 0.2) is 21.7 Å². The first kappa shape index (κ1) is 19.4. The van der Waals surface area contributed by atoms with Crippen molar-refractivity contribution in [2.75, 3.05) is 18.6 Å². The number of aromatic nitrogens is 1. The molecule has 8 heteroatoms. The number of hydrogen-bond donors (Lipinski definition) is 1. The summed E-state index contributed by atoms with van der Waals surface area (Å²) < 4.78 is 12.0. The minimum atomic E-state index is 0.00355. The van der Waals surface area contributed by atoms with Crippen molar-refractivity contribution >= 4 is 44.4 Å². The van der Waals surface area contributed by atoms with Crippen LogP contribution in [0, 0.1) is 6.92 Å². The summed E-state index contributed by atoms with van der Waals surface area (Å²) in [6.45, 7) is 8.27. The number of anilines is 1. The van der Waals surface area contributed by atoms with Crippen LogP contribution < -0.4 is 14.9 Å². The predicted molar refractivity (Wildman–Crippen MR) is 105 cm³/mol. The normalized spacial score (nSPS) is 10.9. The Morgan fingerprint density at radius 2 is 2.08 bits per heavy atom. The molecule has 0 amide bonds. The highest BCUT2D eigenvalue weighted by atomic mass is 79.9. The van der Waals surface area contributed by atoms with Crippen LogP contribution in [0.2, 0.25) is 0 Å². The Morgan fingerprint density at radius 3 is 2.68 bits per heavy atom. The number of thiazole rings is 1. The van der Waals surface area contributed by atoms with Gasteiger partial charge in [0, 0.05) is 6.92 Å². The topological polar surface area (TPSA) is 72.8 Å². The Bertz CT molecular complexity index is 790. The summed E-state index contributed by atoms with van der Waals surface area (Å²) in [6.07, 6.45) is 1.66. The highest BCUT2D eigenvalue weighted by Crippen LogP contribution is 2.36. The van der Waals surface area contributed by atoms with E-state index < -0.39 is 0 Å². The van der Waals surface area contributed by atoms with Crippen LogP contribution >= 0.6 is 27.3 Å². The van der Waals surface area contributed by atoms with Gasteiger partial charge in [-0.2, -0.15) is 5.10 Å². The number of hydrazone groups is 1. The zero-order valence-electron chi connectivity index (χ0n) is 14.6. The van der Waals surface area contributed by atoms with Gasteiger partial charge in [-0.3, -0.25) is 10.2 Å². The second-order valence-corrected chi connectivity index (χ2v) is 6.91. The Balaban J connectivity index is 2.17. The van der Waals surface area contributed by atoms with E-state index in [-0.39, 0.29) is 5.78 Å². The van der Waals surface area contributed by atoms with Crippen LogP contribution in [0.25, 0.3) is 0 Å². The first-order chi connectivity index (χ1) is 12.0. The number of ether oxygens (including phenoxy) is 2. The maximum absolute atomic E-state index is 11.5. The highest BCUT2D eigenvalue weighted by molar-refractivity contribution is 9.10. The zero-order valence-corrected chi connectivity index (χ0v) is 17.0. The lowest BCUT2D eigenvalue weighted by Gasteiger charge is -2.13. The molecule has 1 aromatic heterocycles. The molecule has 0 fully saturated rings. The molecule has 1 N–H and O–H groups in total. The third-order valence-electron chi connectivity index (χ3n) is 3.11. The van der Waals surface area contributed by atoms with Crippen LogP contribution in [0.3, 0.4) is 0 Å². The van der Waals surface area contributed by atoms with E-state index >= 15 is 0 Å². The van der Waals surface area contributed by atoms with E-state index in [1.807, 2.05) is 26.0 Å². The molecule has 6 nitrogen and oxygen atoms in total. The third kappa shape index (κ3) is 5.02. The van der Waals surface area contributed by atoms with Crippen LogP contribution in [-0.4, -0.2) is 30.2 Å². The number of nitrogens with one attached hydrogen (secondary N) is 1. The molecule has 1 aromatic carbocycles. The number of benzene rings is 1. The van der Waals surface area contributed by atoms with Crippen molar-refractivity contribution in [3.63, 3.8) is 0 Å². The summed E-state index contributed by atoms with van der Waals surface area (Å²) in [5.41, 5.74) is 4.40. The molecule has 0 radical (unpaired) electrons. The van der Waals surface area contributed by atoms with Gasteiger partial charge in [0.1, 0.15) is 0 Å². The lowest BCUT2D eigenvalue weighted by Crippen LogP contribution is -2.00. The van der Waals surface area contributed by atoms with Gasteiger partial charge in [0.25, 0.3) is 0 Å². The second kappa shape index (κ2) is 8.96. The Morgan fingerprint density at radius 1 is 1.36 bits per heavy atom. The molecule has 0 unspecified atom stereocenters. The molecule has 0 bridgehead atoms. The highest BCUT2D eigenvalue weighted by Gasteiger charge is 2.12. The van der Waals surface area contributed by atoms with E-state index in [0.717, 1.165) is 10.0 Å². The van der Waals surface area contributed by atoms with E-state index in [4.69, 9.17) is 9.47 Å². The van der Waals surface area contributed by atoms with Gasteiger partial charge >= 0.3 is 0 Å². The van der Waals surface area contributed by atoms with Crippen LogP contribution in [0.1, 0.15) is 41.7 Å². The average molecular weight is 426 g/mol. The fraction of sp³-hybridized carbons (Fsp3) is 0.353. The fourth-order valence-electron chi connectivity index (χ4n) is 2.14. The smallest absolute Gasteiger partial charge is 0.204 e. The van der Waals surface area contributed by atoms with Gasteiger partial charge in [0.05, 0.1) is 34.5 Å². The summed E-state index contributed by atoms with van der Waals surface area (Å²) in [5.74, 6) is 1.34. The molecular weight excluding hydrogens is 406 g/mol. The summed E-state index contributed by atoms with van der Waals surface area (Å²) >= 11 is 4.79. The molecule has 0 spiro atoms. The monoisotopic (exact) mass is 425 g/mol. The third-order valence-corrected chi connectivity index (χ3v) is 4.86. The van der Waals surface area contributed by atoms with Gasteiger partial charge in [-0.25, -0.2) is 4.98 Å². The zero-order chi connectivity index (χ0) is 18.4.